The molecule has 0 bridgehead atoms. The Balaban J connectivity index is 1.26. The van der Waals surface area contributed by atoms with Gasteiger partial charge >= 0.3 is 0 Å². The number of nitrogens with zero attached hydrogens (tertiary/aromatic N) is 4. The van der Waals surface area contributed by atoms with Crippen molar-refractivity contribution in [3.05, 3.63) is 76.2 Å². The lowest BCUT2D eigenvalue weighted by atomic mass is 9.95. The van der Waals surface area contributed by atoms with Crippen molar-refractivity contribution >= 4 is 22.9 Å². The van der Waals surface area contributed by atoms with Crippen LogP contribution in [0, 0.1) is 5.92 Å². The first-order valence-corrected chi connectivity index (χ1v) is 12.8. The molecule has 182 valence electrons. The number of carbonyl (C=O) groups is 1. The SMILES string of the molecule is O=C(NCCC1=CCCCC1)C1CCN(c2nc3cccnc3n(Cc3ccccc3)c2=O)CC1. The van der Waals surface area contributed by atoms with Crippen molar-refractivity contribution < 1.29 is 4.79 Å². The van der Waals surface area contributed by atoms with Gasteiger partial charge in [0.25, 0.3) is 5.56 Å². The number of allylic oxidation sites excluding steroid dienone is 1. The van der Waals surface area contributed by atoms with Crippen LogP contribution in [0.2, 0.25) is 0 Å². The standard InChI is InChI=1S/C28H33N5O2/c34-27(30-17-13-21-8-3-1-4-9-21)23-14-18-32(19-15-23)26-28(35)33(20-22-10-5-2-6-11-22)25-24(31-26)12-7-16-29-25/h2,5-8,10-12,16,23H,1,3-4,9,13-15,17-20H2,(H,30,34). The van der Waals surface area contributed by atoms with Gasteiger partial charge in [-0.2, -0.15) is 0 Å². The number of carbonyl (C=O) groups excluding carboxylic acids is 1. The molecule has 2 aliphatic rings. The van der Waals surface area contributed by atoms with Crippen molar-refractivity contribution in [1.82, 2.24) is 19.9 Å². The minimum Gasteiger partial charge on any atom is -0.356 e. The summed E-state index contributed by atoms with van der Waals surface area (Å²) in [7, 11) is 0. The van der Waals surface area contributed by atoms with E-state index in [1.54, 1.807) is 10.8 Å². The van der Waals surface area contributed by atoms with Crippen LogP contribution in [0.1, 0.15) is 50.5 Å². The number of nitrogens with one attached hydrogen (secondary N) is 1. The highest BCUT2D eigenvalue weighted by Gasteiger charge is 2.27. The second kappa shape index (κ2) is 10.8. The predicted octanol–water partition coefficient (Wildman–Crippen LogP) is 4.06. The molecule has 1 aliphatic heterocycles. The van der Waals surface area contributed by atoms with Gasteiger partial charge in [0.2, 0.25) is 5.91 Å². The fraction of sp³-hybridized carbons (Fsp3) is 0.429. The average molecular weight is 472 g/mol. The second-order valence-corrected chi connectivity index (χ2v) is 9.57. The van der Waals surface area contributed by atoms with E-state index >= 15 is 0 Å². The highest BCUT2D eigenvalue weighted by Crippen LogP contribution is 2.23. The summed E-state index contributed by atoms with van der Waals surface area (Å²) in [6, 6.07) is 13.7. The van der Waals surface area contributed by atoms with E-state index in [0.29, 0.717) is 43.2 Å². The van der Waals surface area contributed by atoms with Gasteiger partial charge in [-0.3, -0.25) is 14.2 Å². The smallest absolute Gasteiger partial charge is 0.295 e. The number of pyridine rings is 1. The van der Waals surface area contributed by atoms with Gasteiger partial charge in [0.15, 0.2) is 11.5 Å². The highest BCUT2D eigenvalue weighted by molar-refractivity contribution is 5.79. The van der Waals surface area contributed by atoms with E-state index in [-0.39, 0.29) is 17.4 Å². The van der Waals surface area contributed by atoms with Crippen LogP contribution in [0.5, 0.6) is 0 Å². The Morgan fingerprint density at radius 1 is 1.06 bits per heavy atom. The van der Waals surface area contributed by atoms with Gasteiger partial charge in [0.05, 0.1) is 6.54 Å². The molecule has 7 nitrogen and oxygen atoms in total. The zero-order valence-electron chi connectivity index (χ0n) is 20.2. The summed E-state index contributed by atoms with van der Waals surface area (Å²) in [4.78, 5) is 37.4. The summed E-state index contributed by atoms with van der Waals surface area (Å²) in [5.41, 5.74) is 3.68. The van der Waals surface area contributed by atoms with Crippen molar-refractivity contribution in [1.29, 1.82) is 0 Å². The summed E-state index contributed by atoms with van der Waals surface area (Å²) < 4.78 is 1.71. The van der Waals surface area contributed by atoms with Crippen molar-refractivity contribution in [2.24, 2.45) is 5.92 Å². The van der Waals surface area contributed by atoms with Crippen molar-refractivity contribution in [3.63, 3.8) is 0 Å². The second-order valence-electron chi connectivity index (χ2n) is 9.57. The maximum atomic E-state index is 13.5. The largest absolute Gasteiger partial charge is 0.356 e. The Morgan fingerprint density at radius 3 is 2.66 bits per heavy atom. The molecule has 7 heteroatoms. The Hall–Kier alpha value is -3.48. The molecule has 0 radical (unpaired) electrons. The summed E-state index contributed by atoms with van der Waals surface area (Å²) >= 11 is 0. The minimum atomic E-state index is -0.135. The number of piperidine rings is 1. The van der Waals surface area contributed by atoms with E-state index in [1.807, 2.05) is 47.4 Å². The number of amides is 1. The molecule has 1 saturated heterocycles. The Labute approximate surface area is 205 Å². The summed E-state index contributed by atoms with van der Waals surface area (Å²) in [5.74, 6) is 0.572. The monoisotopic (exact) mass is 471 g/mol. The number of fused-ring (bicyclic) bond motifs is 1. The van der Waals surface area contributed by atoms with Crippen LogP contribution in [-0.4, -0.2) is 40.1 Å². The van der Waals surface area contributed by atoms with Gasteiger partial charge < -0.3 is 10.2 Å². The van der Waals surface area contributed by atoms with Gasteiger partial charge in [-0.1, -0.05) is 42.0 Å². The van der Waals surface area contributed by atoms with E-state index < -0.39 is 0 Å². The molecule has 0 atom stereocenters. The van der Waals surface area contributed by atoms with Crippen LogP contribution in [0.3, 0.4) is 0 Å². The first kappa shape index (κ1) is 23.3. The van der Waals surface area contributed by atoms with E-state index in [2.05, 4.69) is 16.4 Å². The molecule has 5 rings (SSSR count). The number of rotatable bonds is 7. The predicted molar refractivity (Wildman–Crippen MR) is 138 cm³/mol. The Bertz CT molecular complexity index is 1260. The molecule has 3 heterocycles. The van der Waals surface area contributed by atoms with Gasteiger partial charge in [-0.05, 0) is 62.6 Å². The zero-order chi connectivity index (χ0) is 24.0. The van der Waals surface area contributed by atoms with Crippen LogP contribution in [-0.2, 0) is 11.3 Å². The number of aromatic nitrogens is 3. The highest BCUT2D eigenvalue weighted by atomic mass is 16.2. The zero-order valence-corrected chi connectivity index (χ0v) is 20.2. The van der Waals surface area contributed by atoms with Gasteiger partial charge in [-0.15, -0.1) is 0 Å². The average Bonchev–Trinajstić information content (AvgIpc) is 2.91. The van der Waals surface area contributed by atoms with Crippen molar-refractivity contribution in [3.8, 4) is 0 Å². The number of hydrogen-bond acceptors (Lipinski definition) is 5. The van der Waals surface area contributed by atoms with Crippen molar-refractivity contribution in [2.75, 3.05) is 24.5 Å². The molecule has 1 amide bonds. The molecular formula is C28H33N5O2. The molecule has 0 spiro atoms. The minimum absolute atomic E-state index is 0.0137. The third kappa shape index (κ3) is 5.45. The molecule has 3 aromatic rings. The maximum Gasteiger partial charge on any atom is 0.295 e. The van der Waals surface area contributed by atoms with Crippen LogP contribution in [0.15, 0.2) is 65.1 Å². The fourth-order valence-electron chi connectivity index (χ4n) is 5.16. The lowest BCUT2D eigenvalue weighted by molar-refractivity contribution is -0.125. The molecule has 1 aromatic carbocycles. The molecular weight excluding hydrogens is 438 g/mol. The lowest BCUT2D eigenvalue weighted by Gasteiger charge is -2.32. The molecule has 1 aliphatic carbocycles. The van der Waals surface area contributed by atoms with E-state index in [0.717, 1.165) is 24.8 Å². The molecule has 1 N–H and O–H groups in total. The third-order valence-electron chi connectivity index (χ3n) is 7.16. The quantitative estimate of drug-likeness (QED) is 0.526. The summed E-state index contributed by atoms with van der Waals surface area (Å²) in [6.07, 6.45) is 11.3. The van der Waals surface area contributed by atoms with Crippen LogP contribution in [0.4, 0.5) is 5.82 Å². The number of hydrogen-bond donors (Lipinski definition) is 1. The van der Waals surface area contributed by atoms with E-state index in [4.69, 9.17) is 4.98 Å². The lowest BCUT2D eigenvalue weighted by Crippen LogP contribution is -2.43. The molecule has 1 fully saturated rings. The van der Waals surface area contributed by atoms with Crippen molar-refractivity contribution in [2.45, 2.75) is 51.5 Å². The molecule has 2 aromatic heterocycles. The van der Waals surface area contributed by atoms with E-state index in [9.17, 15) is 9.59 Å². The van der Waals surface area contributed by atoms with Gasteiger partial charge in [-0.25, -0.2) is 9.97 Å². The molecule has 0 unspecified atom stereocenters. The number of anilines is 1. The normalized spacial score (nSPS) is 16.8. The van der Waals surface area contributed by atoms with Crippen LogP contribution < -0.4 is 15.8 Å². The summed E-state index contributed by atoms with van der Waals surface area (Å²) in [6.45, 7) is 2.44. The summed E-state index contributed by atoms with van der Waals surface area (Å²) in [5, 5.41) is 3.14. The fourth-order valence-corrected chi connectivity index (χ4v) is 5.16. The van der Waals surface area contributed by atoms with Gasteiger partial charge in [0, 0.05) is 31.7 Å². The van der Waals surface area contributed by atoms with E-state index in [1.165, 1.54) is 31.3 Å². The maximum absolute atomic E-state index is 13.5. The topological polar surface area (TPSA) is 80.1 Å². The molecule has 0 saturated carbocycles. The first-order valence-electron chi connectivity index (χ1n) is 12.8. The third-order valence-corrected chi connectivity index (χ3v) is 7.16. The van der Waals surface area contributed by atoms with Gasteiger partial charge in [0.1, 0.15) is 5.52 Å². The first-order chi connectivity index (χ1) is 17.2. The number of benzene rings is 1. The van der Waals surface area contributed by atoms with Crippen LogP contribution >= 0.6 is 0 Å². The molecule has 35 heavy (non-hydrogen) atoms. The Morgan fingerprint density at radius 2 is 1.89 bits per heavy atom. The van der Waals surface area contributed by atoms with Crippen LogP contribution in [0.25, 0.3) is 11.2 Å². The Kier molecular flexibility index (Phi) is 7.21.